The number of carbonyl (C=O) groups is 2. The number of hydrogen-bond acceptors (Lipinski definition) is 4. The molecule has 0 aliphatic carbocycles. The van der Waals surface area contributed by atoms with Crippen molar-refractivity contribution in [1.82, 2.24) is 14.9 Å². The van der Waals surface area contributed by atoms with E-state index in [0.29, 0.717) is 25.9 Å². The molecule has 0 saturated carbocycles. The Labute approximate surface area is 124 Å². The second-order valence-corrected chi connectivity index (χ2v) is 6.49. The van der Waals surface area contributed by atoms with Crippen molar-refractivity contribution in [3.8, 4) is 0 Å². The number of rotatable bonds is 4. The standard InChI is InChI=1S/C15H22N4O2/c1-15(2,3)14-17-7-10-8-19(9-11(10)18-14)13(21)6-4-5-12(16)20/h7H,4-6,8-9H2,1-3H3,(H2,16,20). The van der Waals surface area contributed by atoms with Crippen LogP contribution in [-0.4, -0.2) is 26.7 Å². The van der Waals surface area contributed by atoms with Crippen LogP contribution >= 0.6 is 0 Å². The van der Waals surface area contributed by atoms with Crippen LogP contribution in [0, 0.1) is 0 Å². The van der Waals surface area contributed by atoms with Crippen molar-refractivity contribution in [1.29, 1.82) is 0 Å². The van der Waals surface area contributed by atoms with Crippen LogP contribution in [0.25, 0.3) is 0 Å². The lowest BCUT2D eigenvalue weighted by atomic mass is 9.95. The zero-order chi connectivity index (χ0) is 15.6. The molecule has 0 spiro atoms. The Bertz CT molecular complexity index is 563. The van der Waals surface area contributed by atoms with E-state index in [4.69, 9.17) is 5.73 Å². The molecule has 6 nitrogen and oxygen atoms in total. The second-order valence-electron chi connectivity index (χ2n) is 6.49. The Kier molecular flexibility index (Phi) is 4.25. The van der Waals surface area contributed by atoms with Crippen LogP contribution in [0.3, 0.4) is 0 Å². The van der Waals surface area contributed by atoms with Crippen LogP contribution in [0.2, 0.25) is 0 Å². The Morgan fingerprint density at radius 2 is 2.00 bits per heavy atom. The molecule has 0 fully saturated rings. The third kappa shape index (κ3) is 3.77. The first-order chi connectivity index (χ1) is 9.77. The molecular formula is C15H22N4O2. The van der Waals surface area contributed by atoms with E-state index in [0.717, 1.165) is 17.1 Å². The third-order valence-corrected chi connectivity index (χ3v) is 3.49. The minimum atomic E-state index is -0.367. The topological polar surface area (TPSA) is 89.2 Å². The molecule has 0 aromatic carbocycles. The fraction of sp³-hybridized carbons (Fsp3) is 0.600. The van der Waals surface area contributed by atoms with Gasteiger partial charge in [0, 0.05) is 36.6 Å². The van der Waals surface area contributed by atoms with Gasteiger partial charge in [0.25, 0.3) is 0 Å². The Balaban J connectivity index is 1.99. The van der Waals surface area contributed by atoms with Crippen molar-refractivity contribution in [2.75, 3.05) is 0 Å². The molecule has 0 bridgehead atoms. The maximum atomic E-state index is 12.1. The summed E-state index contributed by atoms with van der Waals surface area (Å²) in [6.45, 7) is 7.27. The molecule has 1 aliphatic rings. The van der Waals surface area contributed by atoms with E-state index in [1.54, 1.807) is 4.90 Å². The quantitative estimate of drug-likeness (QED) is 0.904. The Hall–Kier alpha value is -1.98. The monoisotopic (exact) mass is 290 g/mol. The number of carbonyl (C=O) groups excluding carboxylic acids is 2. The number of nitrogens with two attached hydrogens (primary N) is 1. The van der Waals surface area contributed by atoms with Gasteiger partial charge in [0.15, 0.2) is 0 Å². The normalized spacial score (nSPS) is 14.1. The van der Waals surface area contributed by atoms with Gasteiger partial charge >= 0.3 is 0 Å². The first-order valence-electron chi connectivity index (χ1n) is 7.18. The molecule has 2 rings (SSSR count). The van der Waals surface area contributed by atoms with E-state index in [1.807, 2.05) is 6.20 Å². The van der Waals surface area contributed by atoms with Gasteiger partial charge in [-0.3, -0.25) is 9.59 Å². The minimum Gasteiger partial charge on any atom is -0.370 e. The van der Waals surface area contributed by atoms with Crippen LogP contribution < -0.4 is 5.73 Å². The van der Waals surface area contributed by atoms with Gasteiger partial charge in [-0.15, -0.1) is 0 Å². The molecule has 114 valence electrons. The van der Waals surface area contributed by atoms with Crippen molar-refractivity contribution >= 4 is 11.8 Å². The predicted octanol–water partition coefficient (Wildman–Crippen LogP) is 1.27. The molecule has 21 heavy (non-hydrogen) atoms. The first-order valence-corrected chi connectivity index (χ1v) is 7.18. The Morgan fingerprint density at radius 1 is 1.29 bits per heavy atom. The fourth-order valence-electron chi connectivity index (χ4n) is 2.26. The highest BCUT2D eigenvalue weighted by molar-refractivity contribution is 5.78. The second kappa shape index (κ2) is 5.79. The highest BCUT2D eigenvalue weighted by Crippen LogP contribution is 2.25. The Morgan fingerprint density at radius 3 is 2.62 bits per heavy atom. The van der Waals surface area contributed by atoms with E-state index in [1.165, 1.54) is 0 Å². The molecule has 2 N–H and O–H groups in total. The molecule has 6 heteroatoms. The molecule has 0 radical (unpaired) electrons. The zero-order valence-electron chi connectivity index (χ0n) is 12.8. The van der Waals surface area contributed by atoms with E-state index in [2.05, 4.69) is 30.7 Å². The summed E-state index contributed by atoms with van der Waals surface area (Å²) in [6, 6.07) is 0. The van der Waals surface area contributed by atoms with Crippen LogP contribution in [0.15, 0.2) is 6.20 Å². The van der Waals surface area contributed by atoms with Gasteiger partial charge in [-0.1, -0.05) is 20.8 Å². The number of nitrogens with zero attached hydrogens (tertiary/aromatic N) is 3. The number of primary amides is 1. The average molecular weight is 290 g/mol. The van der Waals surface area contributed by atoms with Gasteiger partial charge in [0.05, 0.1) is 12.2 Å². The highest BCUT2D eigenvalue weighted by Gasteiger charge is 2.27. The van der Waals surface area contributed by atoms with Gasteiger partial charge in [-0.2, -0.15) is 0 Å². The summed E-state index contributed by atoms with van der Waals surface area (Å²) in [5, 5.41) is 0. The SMILES string of the molecule is CC(C)(C)c1ncc2c(n1)CN(C(=O)CCCC(N)=O)C2. The van der Waals surface area contributed by atoms with Gasteiger partial charge in [-0.05, 0) is 6.42 Å². The number of amides is 2. The van der Waals surface area contributed by atoms with Crippen molar-refractivity contribution in [2.45, 2.75) is 58.5 Å². The molecule has 1 aromatic rings. The van der Waals surface area contributed by atoms with Crippen molar-refractivity contribution in [3.63, 3.8) is 0 Å². The zero-order valence-corrected chi connectivity index (χ0v) is 12.8. The maximum absolute atomic E-state index is 12.1. The number of fused-ring (bicyclic) bond motifs is 1. The van der Waals surface area contributed by atoms with E-state index >= 15 is 0 Å². The van der Waals surface area contributed by atoms with Gasteiger partial charge in [0.1, 0.15) is 5.82 Å². The lowest BCUT2D eigenvalue weighted by Crippen LogP contribution is -2.25. The molecule has 2 amide bonds. The lowest BCUT2D eigenvalue weighted by molar-refractivity contribution is -0.132. The summed E-state index contributed by atoms with van der Waals surface area (Å²) in [6.07, 6.45) is 2.91. The van der Waals surface area contributed by atoms with Gasteiger partial charge < -0.3 is 10.6 Å². The van der Waals surface area contributed by atoms with Gasteiger partial charge in [0.2, 0.25) is 11.8 Å². The van der Waals surface area contributed by atoms with Crippen molar-refractivity contribution < 1.29 is 9.59 Å². The van der Waals surface area contributed by atoms with E-state index in [-0.39, 0.29) is 23.7 Å². The van der Waals surface area contributed by atoms with Crippen LogP contribution in [-0.2, 0) is 28.1 Å². The van der Waals surface area contributed by atoms with Crippen molar-refractivity contribution in [3.05, 3.63) is 23.3 Å². The average Bonchev–Trinajstić information content (AvgIpc) is 2.79. The predicted molar refractivity (Wildman–Crippen MR) is 78.0 cm³/mol. The van der Waals surface area contributed by atoms with Crippen LogP contribution in [0.1, 0.15) is 57.1 Å². The summed E-state index contributed by atoms with van der Waals surface area (Å²) in [5.74, 6) is 0.462. The summed E-state index contributed by atoms with van der Waals surface area (Å²) in [5.41, 5.74) is 6.91. The smallest absolute Gasteiger partial charge is 0.223 e. The first kappa shape index (κ1) is 15.4. The lowest BCUT2D eigenvalue weighted by Gasteiger charge is -2.16. The number of hydrogen-bond donors (Lipinski definition) is 1. The fourth-order valence-corrected chi connectivity index (χ4v) is 2.26. The minimum absolute atomic E-state index is 0.0339. The van der Waals surface area contributed by atoms with Crippen LogP contribution in [0.5, 0.6) is 0 Å². The largest absolute Gasteiger partial charge is 0.370 e. The van der Waals surface area contributed by atoms with Crippen molar-refractivity contribution in [2.24, 2.45) is 5.73 Å². The summed E-state index contributed by atoms with van der Waals surface area (Å²) >= 11 is 0. The molecule has 1 aliphatic heterocycles. The summed E-state index contributed by atoms with van der Waals surface area (Å²) < 4.78 is 0. The molecule has 2 heterocycles. The summed E-state index contributed by atoms with van der Waals surface area (Å²) in [4.78, 5) is 33.5. The molecule has 0 atom stereocenters. The third-order valence-electron chi connectivity index (χ3n) is 3.49. The summed E-state index contributed by atoms with van der Waals surface area (Å²) in [7, 11) is 0. The highest BCUT2D eigenvalue weighted by atomic mass is 16.2. The van der Waals surface area contributed by atoms with Crippen LogP contribution in [0.4, 0.5) is 0 Å². The molecule has 0 saturated heterocycles. The van der Waals surface area contributed by atoms with E-state index in [9.17, 15) is 9.59 Å². The van der Waals surface area contributed by atoms with E-state index < -0.39 is 0 Å². The number of aromatic nitrogens is 2. The molecule has 1 aromatic heterocycles. The van der Waals surface area contributed by atoms with Gasteiger partial charge in [-0.25, -0.2) is 9.97 Å². The maximum Gasteiger partial charge on any atom is 0.223 e. The molecule has 0 unspecified atom stereocenters. The molecular weight excluding hydrogens is 268 g/mol.